The highest BCUT2D eigenvalue weighted by atomic mass is 16.7. The molecule has 74 valence electrons. The van der Waals surface area contributed by atoms with E-state index in [1.165, 1.54) is 24.3 Å². The van der Waals surface area contributed by atoms with Gasteiger partial charge >= 0.3 is 0 Å². The van der Waals surface area contributed by atoms with Crippen LogP contribution in [0.25, 0.3) is 0 Å². The molecule has 0 heterocycles. The predicted molar refractivity (Wildman–Crippen MR) is 48.3 cm³/mol. The second-order valence-corrected chi connectivity index (χ2v) is 2.59. The summed E-state index contributed by atoms with van der Waals surface area (Å²) in [5, 5.41) is 19.0. The summed E-state index contributed by atoms with van der Waals surface area (Å²) in [6, 6.07) is 5.13. The lowest BCUT2D eigenvalue weighted by Gasteiger charge is -2.09. The largest absolute Gasteiger partial charge is 0.508 e. The molecule has 0 bridgehead atoms. The van der Waals surface area contributed by atoms with Crippen LogP contribution in [0.15, 0.2) is 24.3 Å². The van der Waals surface area contributed by atoms with E-state index in [4.69, 9.17) is 5.11 Å². The number of benzene rings is 1. The SMILES string of the molecule is CC(=O)N(c1ccc(O)cc1)[N+](=O)[O-]. The quantitative estimate of drug-likeness (QED) is 0.563. The highest BCUT2D eigenvalue weighted by molar-refractivity contribution is 5.88. The maximum atomic E-state index is 10.9. The number of carbonyl (C=O) groups is 1. The minimum atomic E-state index is -0.811. The van der Waals surface area contributed by atoms with E-state index in [0.717, 1.165) is 6.92 Å². The van der Waals surface area contributed by atoms with Crippen molar-refractivity contribution >= 4 is 11.6 Å². The Bertz CT molecular complexity index is 346. The third-order valence-electron chi connectivity index (χ3n) is 1.56. The van der Waals surface area contributed by atoms with Gasteiger partial charge in [-0.3, -0.25) is 4.79 Å². The van der Waals surface area contributed by atoms with Crippen LogP contribution in [0.5, 0.6) is 5.75 Å². The second kappa shape index (κ2) is 3.73. The molecular weight excluding hydrogens is 188 g/mol. The molecule has 0 radical (unpaired) electrons. The van der Waals surface area contributed by atoms with Crippen molar-refractivity contribution in [3.8, 4) is 5.75 Å². The number of phenols is 1. The Balaban J connectivity index is 3.06. The Hall–Kier alpha value is -2.11. The fourth-order valence-electron chi connectivity index (χ4n) is 0.985. The highest BCUT2D eigenvalue weighted by Crippen LogP contribution is 2.18. The first-order chi connectivity index (χ1) is 6.52. The molecule has 6 heteroatoms. The van der Waals surface area contributed by atoms with Gasteiger partial charge in [-0.25, -0.2) is 10.1 Å². The number of nitro groups is 1. The van der Waals surface area contributed by atoms with E-state index < -0.39 is 10.9 Å². The van der Waals surface area contributed by atoms with Gasteiger partial charge in [0.25, 0.3) is 5.91 Å². The monoisotopic (exact) mass is 196 g/mol. The number of amides is 1. The van der Waals surface area contributed by atoms with Crippen LogP contribution in [0.1, 0.15) is 6.92 Å². The van der Waals surface area contributed by atoms with Crippen molar-refractivity contribution in [1.82, 2.24) is 0 Å². The lowest BCUT2D eigenvalue weighted by Crippen LogP contribution is -2.34. The van der Waals surface area contributed by atoms with Crippen molar-refractivity contribution in [3.63, 3.8) is 0 Å². The molecule has 0 spiro atoms. The zero-order valence-electron chi connectivity index (χ0n) is 7.38. The molecular formula is C8H8N2O4. The lowest BCUT2D eigenvalue weighted by atomic mass is 10.3. The van der Waals surface area contributed by atoms with E-state index >= 15 is 0 Å². The van der Waals surface area contributed by atoms with Gasteiger partial charge in [0.15, 0.2) is 5.03 Å². The predicted octanol–water partition coefficient (Wildman–Crippen LogP) is 0.937. The average molecular weight is 196 g/mol. The number of hydrogen-bond donors (Lipinski definition) is 1. The summed E-state index contributed by atoms with van der Waals surface area (Å²) in [6.07, 6.45) is 0. The Kier molecular flexibility index (Phi) is 2.66. The molecule has 0 aromatic heterocycles. The lowest BCUT2D eigenvalue weighted by molar-refractivity contribution is -0.483. The van der Waals surface area contributed by atoms with Crippen molar-refractivity contribution in [2.24, 2.45) is 0 Å². The summed E-state index contributed by atoms with van der Waals surface area (Å²) in [7, 11) is 0. The highest BCUT2D eigenvalue weighted by Gasteiger charge is 2.22. The molecule has 1 N–H and O–H groups in total. The molecule has 0 atom stereocenters. The normalized spacial score (nSPS) is 9.50. The first-order valence-electron chi connectivity index (χ1n) is 3.76. The number of hydrazine groups is 1. The van der Waals surface area contributed by atoms with Gasteiger partial charge in [-0.05, 0) is 29.3 Å². The van der Waals surface area contributed by atoms with Crippen molar-refractivity contribution in [2.75, 3.05) is 5.01 Å². The molecule has 1 rings (SSSR count). The number of nitrogens with zero attached hydrogens (tertiary/aromatic N) is 2. The summed E-state index contributed by atoms with van der Waals surface area (Å²) in [4.78, 5) is 21.4. The molecule has 6 nitrogen and oxygen atoms in total. The molecule has 0 saturated carbocycles. The Morgan fingerprint density at radius 3 is 2.29 bits per heavy atom. The van der Waals surface area contributed by atoms with Gasteiger partial charge in [-0.2, -0.15) is 0 Å². The number of carbonyl (C=O) groups excluding carboxylic acids is 1. The van der Waals surface area contributed by atoms with Gasteiger partial charge in [0, 0.05) is 6.92 Å². The standard InChI is InChI=1S/C8H8N2O4/c1-6(11)9(10(13)14)7-2-4-8(12)5-3-7/h2-5,12H,1H3. The second-order valence-electron chi connectivity index (χ2n) is 2.59. The van der Waals surface area contributed by atoms with Crippen molar-refractivity contribution < 1.29 is 14.9 Å². The minimum Gasteiger partial charge on any atom is -0.508 e. The molecule has 0 aliphatic rings. The van der Waals surface area contributed by atoms with Gasteiger partial charge in [0.1, 0.15) is 11.4 Å². The zero-order valence-corrected chi connectivity index (χ0v) is 7.38. The van der Waals surface area contributed by atoms with Crippen LogP contribution in [-0.2, 0) is 4.79 Å². The molecule has 0 aliphatic heterocycles. The smallest absolute Gasteiger partial charge is 0.286 e. The minimum absolute atomic E-state index is 0.0133. The van der Waals surface area contributed by atoms with Crippen LogP contribution in [0.2, 0.25) is 0 Å². The van der Waals surface area contributed by atoms with Crippen LogP contribution in [0.3, 0.4) is 0 Å². The van der Waals surface area contributed by atoms with Gasteiger partial charge in [-0.1, -0.05) is 0 Å². The molecule has 0 unspecified atom stereocenters. The fourth-order valence-corrected chi connectivity index (χ4v) is 0.985. The first-order valence-corrected chi connectivity index (χ1v) is 3.76. The van der Waals surface area contributed by atoms with E-state index in [2.05, 4.69) is 0 Å². The van der Waals surface area contributed by atoms with E-state index in [1.807, 2.05) is 0 Å². The van der Waals surface area contributed by atoms with Gasteiger partial charge < -0.3 is 5.11 Å². The number of phenolic OH excluding ortho intramolecular Hbond substituents is 1. The maximum Gasteiger partial charge on any atom is 0.286 e. The third-order valence-corrected chi connectivity index (χ3v) is 1.56. The van der Waals surface area contributed by atoms with E-state index in [-0.39, 0.29) is 11.4 Å². The van der Waals surface area contributed by atoms with Crippen molar-refractivity contribution in [1.29, 1.82) is 0 Å². The summed E-state index contributed by atoms with van der Waals surface area (Å²) in [5.41, 5.74) is 0.111. The van der Waals surface area contributed by atoms with Crippen molar-refractivity contribution in [3.05, 3.63) is 34.4 Å². The van der Waals surface area contributed by atoms with E-state index in [1.54, 1.807) is 0 Å². The van der Waals surface area contributed by atoms with Gasteiger partial charge in [0.05, 0.1) is 0 Å². The molecule has 14 heavy (non-hydrogen) atoms. The first kappa shape index (κ1) is 9.97. The van der Waals surface area contributed by atoms with Crippen LogP contribution < -0.4 is 5.01 Å². The average Bonchev–Trinajstić information content (AvgIpc) is 2.07. The molecule has 0 aliphatic carbocycles. The van der Waals surface area contributed by atoms with E-state index in [0.29, 0.717) is 5.01 Å². The maximum absolute atomic E-state index is 10.9. The molecule has 1 amide bonds. The summed E-state index contributed by atoms with van der Waals surface area (Å²) < 4.78 is 0. The summed E-state index contributed by atoms with van der Waals surface area (Å²) >= 11 is 0. The van der Waals surface area contributed by atoms with Gasteiger partial charge in [-0.15, -0.1) is 0 Å². The van der Waals surface area contributed by atoms with Gasteiger partial charge in [0.2, 0.25) is 0 Å². The third kappa shape index (κ3) is 1.98. The fraction of sp³-hybridized carbons (Fsp3) is 0.125. The Morgan fingerprint density at radius 1 is 1.43 bits per heavy atom. The van der Waals surface area contributed by atoms with Crippen molar-refractivity contribution in [2.45, 2.75) is 6.92 Å². The van der Waals surface area contributed by atoms with Crippen LogP contribution in [0, 0.1) is 10.1 Å². The number of anilines is 1. The topological polar surface area (TPSA) is 83.7 Å². The number of hydrogen-bond acceptors (Lipinski definition) is 4. The Morgan fingerprint density at radius 2 is 1.93 bits per heavy atom. The molecule has 0 saturated heterocycles. The summed E-state index contributed by atoms with van der Waals surface area (Å²) in [6.45, 7) is 1.09. The summed E-state index contributed by atoms with van der Waals surface area (Å²) in [5.74, 6) is -0.707. The van der Waals surface area contributed by atoms with Crippen LogP contribution >= 0.6 is 0 Å². The van der Waals surface area contributed by atoms with Crippen LogP contribution in [-0.4, -0.2) is 16.0 Å². The molecule has 1 aromatic carbocycles. The molecule has 1 aromatic rings. The number of rotatable bonds is 2. The zero-order chi connectivity index (χ0) is 10.7. The number of aromatic hydroxyl groups is 1. The Labute approximate surface area is 79.5 Å². The molecule has 0 fully saturated rings. The van der Waals surface area contributed by atoms with E-state index in [9.17, 15) is 14.9 Å². The van der Waals surface area contributed by atoms with Crippen LogP contribution in [0.4, 0.5) is 5.69 Å².